The van der Waals surface area contributed by atoms with Crippen LogP contribution in [0.2, 0.25) is 0 Å². The molecular weight excluding hydrogens is 260 g/mol. The lowest BCUT2D eigenvalue weighted by atomic mass is 9.98. The number of carbonyl (C=O) groups is 2. The summed E-state index contributed by atoms with van der Waals surface area (Å²) in [5.41, 5.74) is 0.799. The van der Waals surface area contributed by atoms with E-state index in [0.29, 0.717) is 0 Å². The van der Waals surface area contributed by atoms with Crippen molar-refractivity contribution in [3.05, 3.63) is 16.1 Å². The highest BCUT2D eigenvalue weighted by molar-refractivity contribution is 7.09. The summed E-state index contributed by atoms with van der Waals surface area (Å²) >= 11 is 1.58. The average molecular weight is 280 g/mol. The molecule has 1 aromatic heterocycles. The summed E-state index contributed by atoms with van der Waals surface area (Å²) in [6, 6.07) is 0. The molecule has 0 aliphatic heterocycles. The zero-order valence-corrected chi connectivity index (χ0v) is 12.5. The molecule has 2 rings (SSSR count). The highest BCUT2D eigenvalue weighted by atomic mass is 32.1. The van der Waals surface area contributed by atoms with Crippen molar-refractivity contribution in [3.8, 4) is 0 Å². The summed E-state index contributed by atoms with van der Waals surface area (Å²) in [5, 5.41) is 5.63. The predicted molar refractivity (Wildman–Crippen MR) is 75.3 cm³/mol. The normalized spacial score (nSPS) is 15.3. The van der Waals surface area contributed by atoms with Crippen molar-refractivity contribution in [2.24, 2.45) is 5.92 Å². The lowest BCUT2D eigenvalue weighted by Crippen LogP contribution is -2.31. The standard InChI is InChI=1S/C14H20N2O2S/c1-14(2,3)13-16-10(8-19-13)6-12(18)15-7-11(17)9-4-5-9/h8-9H,4-7H2,1-3H3,(H,15,18). The molecule has 1 heterocycles. The fourth-order valence-corrected chi connectivity index (χ4v) is 2.60. The number of nitrogens with zero attached hydrogens (tertiary/aromatic N) is 1. The molecule has 1 aromatic rings. The molecule has 0 bridgehead atoms. The number of ketones is 1. The van der Waals surface area contributed by atoms with Gasteiger partial charge < -0.3 is 5.32 Å². The molecular formula is C14H20N2O2S. The molecule has 1 aliphatic carbocycles. The van der Waals surface area contributed by atoms with E-state index in [1.807, 2.05) is 5.38 Å². The van der Waals surface area contributed by atoms with Crippen molar-refractivity contribution in [2.75, 3.05) is 6.54 Å². The number of Topliss-reactive ketones (excluding diaryl/α,β-unsaturated/α-hetero) is 1. The van der Waals surface area contributed by atoms with Gasteiger partial charge in [-0.15, -0.1) is 11.3 Å². The van der Waals surface area contributed by atoms with E-state index >= 15 is 0 Å². The molecule has 0 atom stereocenters. The topological polar surface area (TPSA) is 59.1 Å². The Hall–Kier alpha value is -1.23. The van der Waals surface area contributed by atoms with E-state index in [2.05, 4.69) is 31.1 Å². The molecule has 0 saturated heterocycles. The van der Waals surface area contributed by atoms with Crippen LogP contribution in [0.5, 0.6) is 0 Å². The number of hydrogen-bond acceptors (Lipinski definition) is 4. The van der Waals surface area contributed by atoms with Crippen LogP contribution >= 0.6 is 11.3 Å². The molecule has 0 spiro atoms. The van der Waals surface area contributed by atoms with Gasteiger partial charge in [0, 0.05) is 16.7 Å². The predicted octanol–water partition coefficient (Wildman–Crippen LogP) is 2.08. The molecule has 0 radical (unpaired) electrons. The minimum Gasteiger partial charge on any atom is -0.349 e. The van der Waals surface area contributed by atoms with Crippen molar-refractivity contribution >= 4 is 23.0 Å². The molecule has 1 saturated carbocycles. The fourth-order valence-electron chi connectivity index (χ4n) is 1.69. The summed E-state index contributed by atoms with van der Waals surface area (Å²) in [5.74, 6) is 0.230. The van der Waals surface area contributed by atoms with Gasteiger partial charge >= 0.3 is 0 Å². The third kappa shape index (κ3) is 4.13. The first-order valence-corrected chi connectivity index (χ1v) is 7.48. The summed E-state index contributed by atoms with van der Waals surface area (Å²) in [6.07, 6.45) is 2.22. The van der Waals surface area contributed by atoms with Gasteiger partial charge in [-0.3, -0.25) is 9.59 Å². The van der Waals surface area contributed by atoms with Crippen LogP contribution in [0.25, 0.3) is 0 Å². The van der Waals surface area contributed by atoms with Crippen LogP contribution in [0.1, 0.15) is 44.3 Å². The van der Waals surface area contributed by atoms with E-state index < -0.39 is 0 Å². The van der Waals surface area contributed by atoms with Crippen LogP contribution in [-0.2, 0) is 21.4 Å². The Bertz CT molecular complexity index is 484. The van der Waals surface area contributed by atoms with Gasteiger partial charge in [0.2, 0.25) is 5.91 Å². The number of rotatable bonds is 5. The third-order valence-electron chi connectivity index (χ3n) is 3.03. The van der Waals surface area contributed by atoms with Crippen molar-refractivity contribution in [3.63, 3.8) is 0 Å². The zero-order valence-electron chi connectivity index (χ0n) is 11.7. The first kappa shape index (κ1) is 14.2. The second-order valence-corrected chi connectivity index (χ2v) is 6.95. The lowest BCUT2D eigenvalue weighted by molar-refractivity contribution is -0.125. The summed E-state index contributed by atoms with van der Waals surface area (Å²) < 4.78 is 0. The van der Waals surface area contributed by atoms with Crippen LogP contribution in [-0.4, -0.2) is 23.2 Å². The van der Waals surface area contributed by atoms with E-state index in [9.17, 15) is 9.59 Å². The molecule has 104 valence electrons. The Kier molecular flexibility index (Phi) is 4.04. The van der Waals surface area contributed by atoms with Crippen molar-refractivity contribution < 1.29 is 9.59 Å². The number of hydrogen-bond donors (Lipinski definition) is 1. The molecule has 4 nitrogen and oxygen atoms in total. The van der Waals surface area contributed by atoms with Gasteiger partial charge in [0.1, 0.15) is 0 Å². The Morgan fingerprint density at radius 2 is 2.11 bits per heavy atom. The average Bonchev–Trinajstić information content (AvgIpc) is 3.05. The maximum absolute atomic E-state index is 11.7. The second kappa shape index (κ2) is 5.41. The Morgan fingerprint density at radius 3 is 2.63 bits per heavy atom. The van der Waals surface area contributed by atoms with Gasteiger partial charge in [0.25, 0.3) is 0 Å². The monoisotopic (exact) mass is 280 g/mol. The van der Waals surface area contributed by atoms with Crippen LogP contribution in [0.15, 0.2) is 5.38 Å². The van der Waals surface area contributed by atoms with Crippen molar-refractivity contribution in [1.82, 2.24) is 10.3 Å². The molecule has 1 aliphatic rings. The largest absolute Gasteiger partial charge is 0.349 e. The number of carbonyl (C=O) groups excluding carboxylic acids is 2. The van der Waals surface area contributed by atoms with E-state index in [1.165, 1.54) is 0 Å². The molecule has 1 amide bonds. The lowest BCUT2D eigenvalue weighted by Gasteiger charge is -2.13. The first-order chi connectivity index (χ1) is 8.86. The minimum absolute atomic E-state index is 0.0152. The third-order valence-corrected chi connectivity index (χ3v) is 4.34. The van der Waals surface area contributed by atoms with Crippen LogP contribution in [0.3, 0.4) is 0 Å². The molecule has 19 heavy (non-hydrogen) atoms. The highest BCUT2D eigenvalue weighted by Gasteiger charge is 2.29. The molecule has 0 aromatic carbocycles. The van der Waals surface area contributed by atoms with Gasteiger partial charge in [-0.2, -0.15) is 0 Å². The van der Waals surface area contributed by atoms with Crippen molar-refractivity contribution in [2.45, 2.75) is 45.4 Å². The first-order valence-electron chi connectivity index (χ1n) is 6.60. The summed E-state index contributed by atoms with van der Waals surface area (Å²) in [7, 11) is 0. The Balaban J connectivity index is 1.81. The number of thiazole rings is 1. The van der Waals surface area contributed by atoms with Crippen LogP contribution in [0.4, 0.5) is 0 Å². The van der Waals surface area contributed by atoms with Gasteiger partial charge in [-0.25, -0.2) is 4.98 Å². The number of amides is 1. The summed E-state index contributed by atoms with van der Waals surface area (Å²) in [4.78, 5) is 27.7. The van der Waals surface area contributed by atoms with Crippen LogP contribution < -0.4 is 5.32 Å². The SMILES string of the molecule is CC(C)(C)c1nc(CC(=O)NCC(=O)C2CC2)cs1. The molecule has 1 N–H and O–H groups in total. The highest BCUT2D eigenvalue weighted by Crippen LogP contribution is 2.29. The van der Waals surface area contributed by atoms with Gasteiger partial charge in [-0.1, -0.05) is 20.8 Å². The Labute approximate surface area is 117 Å². The zero-order chi connectivity index (χ0) is 14.0. The number of nitrogens with one attached hydrogen (secondary N) is 1. The van der Waals surface area contributed by atoms with Crippen LogP contribution in [0, 0.1) is 5.92 Å². The molecule has 1 fully saturated rings. The van der Waals surface area contributed by atoms with Gasteiger partial charge in [0.05, 0.1) is 23.7 Å². The van der Waals surface area contributed by atoms with E-state index in [-0.39, 0.29) is 36.0 Å². The van der Waals surface area contributed by atoms with Gasteiger partial charge in [-0.05, 0) is 12.8 Å². The molecule has 0 unspecified atom stereocenters. The quantitative estimate of drug-likeness (QED) is 0.898. The Morgan fingerprint density at radius 1 is 1.42 bits per heavy atom. The van der Waals surface area contributed by atoms with E-state index in [0.717, 1.165) is 23.5 Å². The summed E-state index contributed by atoms with van der Waals surface area (Å²) in [6.45, 7) is 6.47. The smallest absolute Gasteiger partial charge is 0.226 e. The molecule has 5 heteroatoms. The maximum Gasteiger partial charge on any atom is 0.226 e. The minimum atomic E-state index is -0.125. The van der Waals surface area contributed by atoms with E-state index in [1.54, 1.807) is 11.3 Å². The van der Waals surface area contributed by atoms with Crippen molar-refractivity contribution in [1.29, 1.82) is 0 Å². The van der Waals surface area contributed by atoms with Gasteiger partial charge in [0.15, 0.2) is 5.78 Å². The number of aromatic nitrogens is 1. The van der Waals surface area contributed by atoms with E-state index in [4.69, 9.17) is 0 Å². The maximum atomic E-state index is 11.7. The fraction of sp³-hybridized carbons (Fsp3) is 0.643. The second-order valence-electron chi connectivity index (χ2n) is 6.09.